The minimum absolute atomic E-state index is 0.114. The smallest absolute Gasteiger partial charge is 0.326 e. The van der Waals surface area contributed by atoms with Gasteiger partial charge in [-0.1, -0.05) is 42.5 Å². The minimum atomic E-state index is -1.08. The Labute approximate surface area is 181 Å². The van der Waals surface area contributed by atoms with Gasteiger partial charge in [-0.2, -0.15) is 0 Å². The van der Waals surface area contributed by atoms with E-state index in [1.54, 1.807) is 24.3 Å². The zero-order valence-corrected chi connectivity index (χ0v) is 17.3. The number of nitrogens with zero attached hydrogens (tertiary/aromatic N) is 1. The summed E-state index contributed by atoms with van der Waals surface area (Å²) in [5, 5.41) is 15.0. The largest absolute Gasteiger partial charge is 0.480 e. The normalized spacial score (nSPS) is 17.1. The molecule has 0 saturated carbocycles. The predicted octanol–water partition coefficient (Wildman–Crippen LogP) is 1.36. The van der Waals surface area contributed by atoms with Crippen LogP contribution in [0.25, 0.3) is 0 Å². The molecule has 164 valence electrons. The van der Waals surface area contributed by atoms with Crippen molar-refractivity contribution in [2.24, 2.45) is 5.73 Å². The quantitative estimate of drug-likeness (QED) is 0.482. The summed E-state index contributed by atoms with van der Waals surface area (Å²) in [6.45, 7) is 1.35. The fourth-order valence-corrected chi connectivity index (χ4v) is 3.77. The second kappa shape index (κ2) is 10.7. The average molecular weight is 425 g/mol. The van der Waals surface area contributed by atoms with Crippen LogP contribution in [0, 0.1) is 0 Å². The van der Waals surface area contributed by atoms with E-state index in [1.165, 1.54) is 0 Å². The molecule has 0 aromatic heterocycles. The number of carboxylic acids is 1. The van der Waals surface area contributed by atoms with Crippen molar-refractivity contribution in [3.05, 3.63) is 65.7 Å². The van der Waals surface area contributed by atoms with Crippen LogP contribution in [0.15, 0.2) is 54.6 Å². The summed E-state index contributed by atoms with van der Waals surface area (Å²) in [5.74, 6) is -1.64. The molecule has 2 atom stereocenters. The lowest BCUT2D eigenvalue weighted by Crippen LogP contribution is -2.50. The van der Waals surface area contributed by atoms with Crippen LogP contribution in [0.5, 0.6) is 0 Å². The van der Waals surface area contributed by atoms with Crippen molar-refractivity contribution in [3.63, 3.8) is 0 Å². The van der Waals surface area contributed by atoms with Crippen molar-refractivity contribution in [3.8, 4) is 0 Å². The number of nitrogens with one attached hydrogen (secondary N) is 2. The molecule has 2 aromatic carbocycles. The number of nitrogens with two attached hydrogens (primary N) is 1. The fraction of sp³-hybridized carbons (Fsp3) is 0.348. The van der Waals surface area contributed by atoms with E-state index in [2.05, 4.69) is 15.5 Å². The van der Waals surface area contributed by atoms with Gasteiger partial charge in [-0.15, -0.1) is 0 Å². The molecule has 8 nitrogen and oxygen atoms in total. The third-order valence-corrected chi connectivity index (χ3v) is 5.37. The summed E-state index contributed by atoms with van der Waals surface area (Å²) in [6.07, 6.45) is 1.76. The van der Waals surface area contributed by atoms with E-state index in [1.807, 2.05) is 30.3 Å². The second-order valence-corrected chi connectivity index (χ2v) is 7.67. The van der Waals surface area contributed by atoms with E-state index in [9.17, 15) is 19.5 Å². The number of likely N-dealkylation sites (tertiary alicyclic amines) is 1. The molecule has 5 N–H and O–H groups in total. The lowest BCUT2D eigenvalue weighted by Gasteiger charge is -2.25. The lowest BCUT2D eigenvalue weighted by atomic mass is 10.0. The number of carbonyl (C=O) groups is 3. The number of benzene rings is 2. The Kier molecular flexibility index (Phi) is 7.75. The monoisotopic (exact) mass is 424 g/mol. The number of hydrogen-bond acceptors (Lipinski definition) is 5. The molecule has 1 heterocycles. The zero-order chi connectivity index (χ0) is 22.2. The Hall–Kier alpha value is -3.23. The average Bonchev–Trinajstić information content (AvgIpc) is 3.23. The first-order chi connectivity index (χ1) is 15.0. The molecule has 1 saturated heterocycles. The molecule has 3 rings (SSSR count). The summed E-state index contributed by atoms with van der Waals surface area (Å²) in [6, 6.07) is 15.4. The third kappa shape index (κ3) is 6.37. The van der Waals surface area contributed by atoms with Gasteiger partial charge in [0, 0.05) is 18.7 Å². The molecule has 1 aliphatic heterocycles. The minimum Gasteiger partial charge on any atom is -0.480 e. The van der Waals surface area contributed by atoms with E-state index in [0.29, 0.717) is 18.7 Å². The standard InChI is InChI=1S/C23H28N4O4/c24-14-21(28)25-18-10-8-16(9-11-18)13-19(23(30)31)26-22(29)20-7-4-12-27(20)15-17-5-2-1-3-6-17/h1-3,5-6,8-11,19-20H,4,7,12-15,24H2,(H,25,28)(H,26,29)(H,30,31). The van der Waals surface area contributed by atoms with E-state index in [0.717, 1.165) is 24.1 Å². The zero-order valence-electron chi connectivity index (χ0n) is 17.3. The summed E-state index contributed by atoms with van der Waals surface area (Å²) in [5.41, 5.74) is 7.73. The van der Waals surface area contributed by atoms with Crippen molar-refractivity contribution in [2.75, 3.05) is 18.4 Å². The number of carboxylic acid groups (broad SMARTS) is 1. The van der Waals surface area contributed by atoms with Crippen molar-refractivity contribution in [2.45, 2.75) is 37.9 Å². The SMILES string of the molecule is NCC(=O)Nc1ccc(CC(NC(=O)C2CCCN2Cc2ccccc2)C(=O)O)cc1. The molecule has 8 heteroatoms. The second-order valence-electron chi connectivity index (χ2n) is 7.67. The highest BCUT2D eigenvalue weighted by Gasteiger charge is 2.33. The first kappa shape index (κ1) is 22.5. The van der Waals surface area contributed by atoms with Crippen LogP contribution in [0.3, 0.4) is 0 Å². The van der Waals surface area contributed by atoms with Crippen LogP contribution in [-0.4, -0.2) is 53.0 Å². The number of rotatable bonds is 9. The van der Waals surface area contributed by atoms with Gasteiger partial charge in [-0.05, 0) is 42.6 Å². The topological polar surface area (TPSA) is 125 Å². The molecular formula is C23H28N4O4. The van der Waals surface area contributed by atoms with Crippen molar-refractivity contribution in [1.29, 1.82) is 0 Å². The first-order valence-corrected chi connectivity index (χ1v) is 10.4. The van der Waals surface area contributed by atoms with Gasteiger partial charge in [0.15, 0.2) is 0 Å². The van der Waals surface area contributed by atoms with Gasteiger partial charge in [0.25, 0.3) is 0 Å². The Bertz CT molecular complexity index is 902. The molecule has 0 spiro atoms. The van der Waals surface area contributed by atoms with Crippen LogP contribution < -0.4 is 16.4 Å². The van der Waals surface area contributed by atoms with E-state index in [-0.39, 0.29) is 30.8 Å². The fourth-order valence-electron chi connectivity index (χ4n) is 3.77. The number of aliphatic carboxylic acids is 1. The maximum Gasteiger partial charge on any atom is 0.326 e. The third-order valence-electron chi connectivity index (χ3n) is 5.37. The highest BCUT2D eigenvalue weighted by atomic mass is 16.4. The molecule has 2 aromatic rings. The summed E-state index contributed by atoms with van der Waals surface area (Å²) in [7, 11) is 0. The van der Waals surface area contributed by atoms with Gasteiger partial charge in [-0.25, -0.2) is 4.79 Å². The molecule has 0 bridgehead atoms. The van der Waals surface area contributed by atoms with Gasteiger partial charge >= 0.3 is 5.97 Å². The molecule has 1 fully saturated rings. The molecule has 2 amide bonds. The Morgan fingerprint density at radius 1 is 1.06 bits per heavy atom. The van der Waals surface area contributed by atoms with Crippen LogP contribution in [0.2, 0.25) is 0 Å². The molecule has 0 aliphatic carbocycles. The van der Waals surface area contributed by atoms with E-state index < -0.39 is 12.0 Å². The highest BCUT2D eigenvalue weighted by molar-refractivity contribution is 5.92. The maximum absolute atomic E-state index is 12.9. The molecule has 31 heavy (non-hydrogen) atoms. The summed E-state index contributed by atoms with van der Waals surface area (Å²) < 4.78 is 0. The van der Waals surface area contributed by atoms with Crippen LogP contribution in [0.1, 0.15) is 24.0 Å². The van der Waals surface area contributed by atoms with E-state index in [4.69, 9.17) is 5.73 Å². The Morgan fingerprint density at radius 2 is 1.77 bits per heavy atom. The lowest BCUT2D eigenvalue weighted by molar-refractivity contribution is -0.142. The van der Waals surface area contributed by atoms with Gasteiger partial charge in [0.1, 0.15) is 6.04 Å². The van der Waals surface area contributed by atoms with Crippen LogP contribution in [0.4, 0.5) is 5.69 Å². The highest BCUT2D eigenvalue weighted by Crippen LogP contribution is 2.21. The maximum atomic E-state index is 12.9. The van der Waals surface area contributed by atoms with Crippen molar-refractivity contribution >= 4 is 23.5 Å². The van der Waals surface area contributed by atoms with Crippen LogP contribution >= 0.6 is 0 Å². The Morgan fingerprint density at radius 3 is 2.42 bits per heavy atom. The number of hydrogen-bond donors (Lipinski definition) is 4. The molecule has 0 radical (unpaired) electrons. The molecular weight excluding hydrogens is 396 g/mol. The summed E-state index contributed by atoms with van der Waals surface area (Å²) >= 11 is 0. The molecule has 2 unspecified atom stereocenters. The number of carbonyl (C=O) groups excluding carboxylic acids is 2. The molecule has 1 aliphatic rings. The number of anilines is 1. The first-order valence-electron chi connectivity index (χ1n) is 10.4. The van der Waals surface area contributed by atoms with Crippen LogP contribution in [-0.2, 0) is 27.3 Å². The van der Waals surface area contributed by atoms with Gasteiger partial charge in [-0.3, -0.25) is 14.5 Å². The number of amides is 2. The summed E-state index contributed by atoms with van der Waals surface area (Å²) in [4.78, 5) is 38.1. The van der Waals surface area contributed by atoms with Gasteiger partial charge in [0.05, 0.1) is 12.6 Å². The van der Waals surface area contributed by atoms with Crippen molar-refractivity contribution in [1.82, 2.24) is 10.2 Å². The van der Waals surface area contributed by atoms with Crippen molar-refractivity contribution < 1.29 is 19.5 Å². The van der Waals surface area contributed by atoms with Gasteiger partial charge in [0.2, 0.25) is 11.8 Å². The Balaban J connectivity index is 1.60. The van der Waals surface area contributed by atoms with Gasteiger partial charge < -0.3 is 21.5 Å². The predicted molar refractivity (Wildman–Crippen MR) is 117 cm³/mol. The van der Waals surface area contributed by atoms with E-state index >= 15 is 0 Å².